The standard InChI is InChI=1S/C16H15N3O3S/c20-15(17-11-12-23-16-3-1-2-10-18-16)9-6-13-4-7-14(8-5-13)19(21)22/h1-10H,11-12H2,(H,17,20). The van der Waals surface area contributed by atoms with E-state index in [0.717, 1.165) is 16.3 Å². The number of pyridine rings is 1. The Kier molecular flexibility index (Phi) is 6.31. The predicted octanol–water partition coefficient (Wildman–Crippen LogP) is 2.91. The van der Waals surface area contributed by atoms with E-state index < -0.39 is 4.92 Å². The summed E-state index contributed by atoms with van der Waals surface area (Å²) in [7, 11) is 0. The third-order valence-electron chi connectivity index (χ3n) is 2.82. The lowest BCUT2D eigenvalue weighted by atomic mass is 10.2. The van der Waals surface area contributed by atoms with Crippen molar-refractivity contribution in [2.24, 2.45) is 0 Å². The van der Waals surface area contributed by atoms with E-state index in [0.29, 0.717) is 6.54 Å². The van der Waals surface area contributed by atoms with E-state index in [1.165, 1.54) is 18.2 Å². The van der Waals surface area contributed by atoms with E-state index in [1.807, 2.05) is 18.2 Å². The first-order valence-electron chi connectivity index (χ1n) is 6.89. The molecule has 0 saturated heterocycles. The molecule has 0 saturated carbocycles. The lowest BCUT2D eigenvalue weighted by molar-refractivity contribution is -0.384. The fourth-order valence-electron chi connectivity index (χ4n) is 1.70. The summed E-state index contributed by atoms with van der Waals surface area (Å²) >= 11 is 1.57. The molecule has 1 aromatic heterocycles. The molecule has 0 radical (unpaired) electrons. The van der Waals surface area contributed by atoms with Crippen molar-refractivity contribution >= 4 is 29.4 Å². The number of carbonyl (C=O) groups is 1. The Bertz CT molecular complexity index is 687. The van der Waals surface area contributed by atoms with E-state index in [2.05, 4.69) is 10.3 Å². The topological polar surface area (TPSA) is 85.1 Å². The van der Waals surface area contributed by atoms with Gasteiger partial charge in [0.05, 0.1) is 9.95 Å². The van der Waals surface area contributed by atoms with Gasteiger partial charge in [-0.25, -0.2) is 4.98 Å². The summed E-state index contributed by atoms with van der Waals surface area (Å²) in [5.41, 5.74) is 0.756. The highest BCUT2D eigenvalue weighted by molar-refractivity contribution is 7.99. The lowest BCUT2D eigenvalue weighted by Crippen LogP contribution is -2.23. The monoisotopic (exact) mass is 329 g/mol. The summed E-state index contributed by atoms with van der Waals surface area (Å²) < 4.78 is 0. The van der Waals surface area contributed by atoms with Gasteiger partial charge in [0.15, 0.2) is 0 Å². The summed E-state index contributed by atoms with van der Waals surface area (Å²) in [5, 5.41) is 14.2. The molecule has 1 N–H and O–H groups in total. The molecule has 0 aliphatic carbocycles. The Labute approximate surface area is 137 Å². The maximum Gasteiger partial charge on any atom is 0.269 e. The smallest absolute Gasteiger partial charge is 0.269 e. The molecule has 2 rings (SSSR count). The van der Waals surface area contributed by atoms with Crippen LogP contribution in [0.3, 0.4) is 0 Å². The Hall–Kier alpha value is -2.67. The average Bonchev–Trinajstić information content (AvgIpc) is 2.58. The molecule has 2 aromatic rings. The van der Waals surface area contributed by atoms with Crippen molar-refractivity contribution in [2.75, 3.05) is 12.3 Å². The van der Waals surface area contributed by atoms with Crippen molar-refractivity contribution < 1.29 is 9.72 Å². The van der Waals surface area contributed by atoms with Gasteiger partial charge in [0, 0.05) is 36.7 Å². The molecule has 0 aliphatic heterocycles. The number of thioether (sulfide) groups is 1. The summed E-state index contributed by atoms with van der Waals surface area (Å²) in [6, 6.07) is 11.7. The first-order chi connectivity index (χ1) is 11.1. The van der Waals surface area contributed by atoms with Crippen LogP contribution in [0.4, 0.5) is 5.69 Å². The van der Waals surface area contributed by atoms with Gasteiger partial charge in [-0.1, -0.05) is 6.07 Å². The largest absolute Gasteiger partial charge is 0.352 e. The fourth-order valence-corrected chi connectivity index (χ4v) is 2.42. The van der Waals surface area contributed by atoms with Gasteiger partial charge in [-0.3, -0.25) is 14.9 Å². The number of carbonyl (C=O) groups excluding carboxylic acids is 1. The molecule has 1 amide bonds. The highest BCUT2D eigenvalue weighted by Crippen LogP contribution is 2.13. The molecule has 6 nitrogen and oxygen atoms in total. The van der Waals surface area contributed by atoms with Gasteiger partial charge in [-0.15, -0.1) is 11.8 Å². The predicted molar refractivity (Wildman–Crippen MR) is 90.1 cm³/mol. The number of hydrogen-bond acceptors (Lipinski definition) is 5. The van der Waals surface area contributed by atoms with Crippen LogP contribution in [-0.2, 0) is 4.79 Å². The van der Waals surface area contributed by atoms with E-state index in [1.54, 1.807) is 36.2 Å². The highest BCUT2D eigenvalue weighted by atomic mass is 32.2. The zero-order chi connectivity index (χ0) is 16.5. The van der Waals surface area contributed by atoms with Crippen LogP contribution in [0.2, 0.25) is 0 Å². The Morgan fingerprint density at radius 1 is 1.26 bits per heavy atom. The molecule has 118 valence electrons. The molecule has 7 heteroatoms. The molecule has 1 aromatic carbocycles. The maximum atomic E-state index is 11.7. The number of benzene rings is 1. The second-order valence-electron chi connectivity index (χ2n) is 4.49. The molecular weight excluding hydrogens is 314 g/mol. The van der Waals surface area contributed by atoms with Crippen molar-refractivity contribution in [1.82, 2.24) is 10.3 Å². The number of amides is 1. The second-order valence-corrected chi connectivity index (χ2v) is 5.60. The summed E-state index contributed by atoms with van der Waals surface area (Å²) in [6.07, 6.45) is 4.76. The molecule has 0 fully saturated rings. The molecule has 0 bridgehead atoms. The highest BCUT2D eigenvalue weighted by Gasteiger charge is 2.02. The molecule has 0 atom stereocenters. The number of nitrogens with one attached hydrogen (secondary N) is 1. The molecule has 0 unspecified atom stereocenters. The number of aromatic nitrogens is 1. The Morgan fingerprint density at radius 2 is 2.04 bits per heavy atom. The first-order valence-corrected chi connectivity index (χ1v) is 7.88. The molecule has 0 aliphatic rings. The minimum absolute atomic E-state index is 0.0261. The van der Waals surface area contributed by atoms with Crippen molar-refractivity contribution in [3.05, 3.63) is 70.4 Å². The first kappa shape index (κ1) is 16.7. The Balaban J connectivity index is 1.72. The molecule has 1 heterocycles. The molecule has 0 spiro atoms. The van der Waals surface area contributed by atoms with Gasteiger partial charge in [0.25, 0.3) is 5.69 Å². The van der Waals surface area contributed by atoms with Crippen LogP contribution in [0.5, 0.6) is 0 Å². The van der Waals surface area contributed by atoms with E-state index >= 15 is 0 Å². The van der Waals surface area contributed by atoms with Gasteiger partial charge in [0.2, 0.25) is 5.91 Å². The van der Waals surface area contributed by atoms with Crippen LogP contribution in [0, 0.1) is 10.1 Å². The van der Waals surface area contributed by atoms with Crippen molar-refractivity contribution in [3.8, 4) is 0 Å². The number of rotatable bonds is 7. The number of hydrogen-bond donors (Lipinski definition) is 1. The van der Waals surface area contributed by atoms with E-state index in [4.69, 9.17) is 0 Å². The quantitative estimate of drug-likeness (QED) is 0.277. The van der Waals surface area contributed by atoms with Crippen LogP contribution in [0.25, 0.3) is 6.08 Å². The number of nitro benzene ring substituents is 1. The van der Waals surface area contributed by atoms with Crippen LogP contribution in [-0.4, -0.2) is 28.1 Å². The number of nitrogens with zero attached hydrogens (tertiary/aromatic N) is 2. The molecule has 23 heavy (non-hydrogen) atoms. The van der Waals surface area contributed by atoms with Crippen LogP contribution in [0.15, 0.2) is 59.8 Å². The zero-order valence-electron chi connectivity index (χ0n) is 12.2. The summed E-state index contributed by atoms with van der Waals surface area (Å²) in [6.45, 7) is 0.532. The van der Waals surface area contributed by atoms with Gasteiger partial charge in [0.1, 0.15) is 0 Å². The Morgan fingerprint density at radius 3 is 2.70 bits per heavy atom. The minimum Gasteiger partial charge on any atom is -0.352 e. The van der Waals surface area contributed by atoms with Crippen LogP contribution >= 0.6 is 11.8 Å². The normalized spacial score (nSPS) is 10.6. The second kappa shape index (κ2) is 8.70. The number of non-ortho nitro benzene ring substituents is 1. The van der Waals surface area contributed by atoms with Gasteiger partial charge >= 0.3 is 0 Å². The van der Waals surface area contributed by atoms with Crippen molar-refractivity contribution in [1.29, 1.82) is 0 Å². The maximum absolute atomic E-state index is 11.7. The average molecular weight is 329 g/mol. The third kappa shape index (κ3) is 5.91. The van der Waals surface area contributed by atoms with Crippen LogP contribution < -0.4 is 5.32 Å². The summed E-state index contributed by atoms with van der Waals surface area (Å²) in [5.74, 6) is 0.527. The fraction of sp³-hybridized carbons (Fsp3) is 0.125. The number of nitro groups is 1. The van der Waals surface area contributed by atoms with Crippen molar-refractivity contribution in [3.63, 3.8) is 0 Å². The summed E-state index contributed by atoms with van der Waals surface area (Å²) in [4.78, 5) is 25.9. The van der Waals surface area contributed by atoms with Gasteiger partial charge in [-0.05, 0) is 35.9 Å². The van der Waals surface area contributed by atoms with Gasteiger partial charge < -0.3 is 5.32 Å². The minimum atomic E-state index is -0.459. The lowest BCUT2D eigenvalue weighted by Gasteiger charge is -2.02. The zero-order valence-corrected chi connectivity index (χ0v) is 13.0. The van der Waals surface area contributed by atoms with Crippen LogP contribution in [0.1, 0.15) is 5.56 Å². The van der Waals surface area contributed by atoms with E-state index in [-0.39, 0.29) is 11.6 Å². The van der Waals surface area contributed by atoms with Crippen molar-refractivity contribution in [2.45, 2.75) is 5.03 Å². The van der Waals surface area contributed by atoms with E-state index in [9.17, 15) is 14.9 Å². The SMILES string of the molecule is O=C(C=Cc1ccc([N+](=O)[O-])cc1)NCCSc1ccccn1. The van der Waals surface area contributed by atoms with Gasteiger partial charge in [-0.2, -0.15) is 0 Å². The molecular formula is C16H15N3O3S. The third-order valence-corrected chi connectivity index (χ3v) is 3.77.